The highest BCUT2D eigenvalue weighted by Crippen LogP contribution is 2.43. The molecular weight excluding hydrogens is 588 g/mol. The second-order valence-electron chi connectivity index (χ2n) is 10.0. The van der Waals surface area contributed by atoms with Gasteiger partial charge in [-0.25, -0.2) is 9.97 Å². The average Bonchev–Trinajstić information content (AvgIpc) is 3.65. The molecule has 12 heteroatoms. The first-order valence-electron chi connectivity index (χ1n) is 13.9. The van der Waals surface area contributed by atoms with E-state index in [-0.39, 0.29) is 0 Å². The minimum Gasteiger partial charge on any atom is -0.493 e. The first kappa shape index (κ1) is 30.9. The molecule has 0 saturated carbocycles. The summed E-state index contributed by atoms with van der Waals surface area (Å²) in [4.78, 5) is 14.8. The molecule has 2 aromatic carbocycles. The fourth-order valence-corrected chi connectivity index (χ4v) is 6.83. The SMILES string of the molecule is COc1cc(-c2nc(CN3CCCN(Cc4csc(-c5cc(OC)c(OC)c(OC)c5)n4)CC3)cs2)cc(OC)c1OC. The Morgan fingerprint density at radius 3 is 1.26 bits per heavy atom. The van der Waals surface area contributed by atoms with Gasteiger partial charge in [0.1, 0.15) is 10.0 Å². The molecule has 1 saturated heterocycles. The number of benzene rings is 2. The quantitative estimate of drug-likeness (QED) is 0.195. The third-order valence-electron chi connectivity index (χ3n) is 7.38. The second kappa shape index (κ2) is 14.3. The minimum atomic E-state index is 0.578. The number of aromatic nitrogens is 2. The molecule has 0 bridgehead atoms. The van der Waals surface area contributed by atoms with Gasteiger partial charge in [-0.05, 0) is 43.8 Å². The van der Waals surface area contributed by atoms with Crippen molar-refractivity contribution in [2.24, 2.45) is 0 Å². The predicted molar refractivity (Wildman–Crippen MR) is 170 cm³/mol. The van der Waals surface area contributed by atoms with Crippen LogP contribution in [0.15, 0.2) is 35.0 Å². The van der Waals surface area contributed by atoms with E-state index < -0.39 is 0 Å². The van der Waals surface area contributed by atoms with Gasteiger partial charge in [-0.15, -0.1) is 22.7 Å². The lowest BCUT2D eigenvalue weighted by molar-refractivity contribution is 0.244. The van der Waals surface area contributed by atoms with Crippen molar-refractivity contribution in [3.63, 3.8) is 0 Å². The van der Waals surface area contributed by atoms with Gasteiger partial charge in [0.05, 0.1) is 54.0 Å². The molecule has 0 atom stereocenters. The van der Waals surface area contributed by atoms with Crippen molar-refractivity contribution >= 4 is 22.7 Å². The summed E-state index contributed by atoms with van der Waals surface area (Å²) in [7, 11) is 9.71. The Labute approximate surface area is 260 Å². The summed E-state index contributed by atoms with van der Waals surface area (Å²) in [5, 5.41) is 6.14. The Morgan fingerprint density at radius 1 is 0.558 bits per heavy atom. The van der Waals surface area contributed by atoms with Crippen LogP contribution >= 0.6 is 22.7 Å². The first-order chi connectivity index (χ1) is 21.0. The van der Waals surface area contributed by atoms with Gasteiger partial charge in [-0.2, -0.15) is 0 Å². The van der Waals surface area contributed by atoms with Crippen LogP contribution < -0.4 is 28.4 Å². The van der Waals surface area contributed by atoms with Crippen molar-refractivity contribution in [1.82, 2.24) is 19.8 Å². The summed E-state index contributed by atoms with van der Waals surface area (Å²) in [6.45, 7) is 5.64. The van der Waals surface area contributed by atoms with Crippen LogP contribution in [0, 0.1) is 0 Å². The molecule has 1 aliphatic heterocycles. The van der Waals surface area contributed by atoms with E-state index in [1.807, 2.05) is 24.3 Å². The molecule has 0 N–H and O–H groups in total. The van der Waals surface area contributed by atoms with Gasteiger partial charge in [0.25, 0.3) is 0 Å². The summed E-state index contributed by atoms with van der Waals surface area (Å²) in [5.41, 5.74) is 4.03. The molecule has 0 amide bonds. The molecule has 3 heterocycles. The van der Waals surface area contributed by atoms with E-state index in [1.165, 1.54) is 0 Å². The van der Waals surface area contributed by atoms with Crippen molar-refractivity contribution in [1.29, 1.82) is 0 Å². The molecule has 1 aliphatic rings. The van der Waals surface area contributed by atoms with Crippen molar-refractivity contribution in [3.8, 4) is 55.6 Å². The van der Waals surface area contributed by atoms with Gasteiger partial charge in [0.2, 0.25) is 11.5 Å². The fraction of sp³-hybridized carbons (Fsp3) is 0.419. The third kappa shape index (κ3) is 6.98. The molecule has 0 aliphatic carbocycles. The van der Waals surface area contributed by atoms with Crippen molar-refractivity contribution < 1.29 is 28.4 Å². The number of hydrogen-bond donors (Lipinski definition) is 0. The largest absolute Gasteiger partial charge is 0.493 e. The van der Waals surface area contributed by atoms with Crippen LogP contribution in [0.3, 0.4) is 0 Å². The number of methoxy groups -OCH3 is 6. The summed E-state index contributed by atoms with van der Waals surface area (Å²) in [6.07, 6.45) is 1.09. The number of hydrogen-bond acceptors (Lipinski definition) is 12. The van der Waals surface area contributed by atoms with Crippen LogP contribution in [0.4, 0.5) is 0 Å². The highest BCUT2D eigenvalue weighted by Gasteiger charge is 2.20. The Bertz CT molecular complexity index is 1360. The molecule has 43 heavy (non-hydrogen) atoms. The smallest absolute Gasteiger partial charge is 0.203 e. The summed E-state index contributed by atoms with van der Waals surface area (Å²) < 4.78 is 33.0. The van der Waals surface area contributed by atoms with Crippen molar-refractivity contribution in [2.45, 2.75) is 19.5 Å². The van der Waals surface area contributed by atoms with Crippen molar-refractivity contribution in [2.75, 3.05) is 68.8 Å². The van der Waals surface area contributed by atoms with Crippen LogP contribution in [0.5, 0.6) is 34.5 Å². The van der Waals surface area contributed by atoms with Crippen LogP contribution in [-0.4, -0.2) is 88.6 Å². The van der Waals surface area contributed by atoms with E-state index in [0.29, 0.717) is 34.5 Å². The van der Waals surface area contributed by atoms with Crippen LogP contribution in [0.1, 0.15) is 17.8 Å². The van der Waals surface area contributed by atoms with Gasteiger partial charge in [-0.3, -0.25) is 9.80 Å². The van der Waals surface area contributed by atoms with Crippen molar-refractivity contribution in [3.05, 3.63) is 46.4 Å². The molecule has 0 spiro atoms. The zero-order chi connectivity index (χ0) is 30.3. The molecule has 2 aromatic heterocycles. The highest BCUT2D eigenvalue weighted by atomic mass is 32.1. The summed E-state index contributed by atoms with van der Waals surface area (Å²) in [6, 6.07) is 7.78. The van der Waals surface area contributed by atoms with E-state index in [2.05, 4.69) is 20.6 Å². The van der Waals surface area contributed by atoms with Gasteiger partial charge in [-0.1, -0.05) is 0 Å². The fourth-order valence-electron chi connectivity index (χ4n) is 5.23. The second-order valence-corrected chi connectivity index (χ2v) is 11.7. The van der Waals surface area contributed by atoms with Gasteiger partial charge in [0, 0.05) is 48.1 Å². The number of rotatable bonds is 12. The lowest BCUT2D eigenvalue weighted by Gasteiger charge is -2.20. The molecule has 1 fully saturated rings. The lowest BCUT2D eigenvalue weighted by atomic mass is 10.2. The number of ether oxygens (including phenoxy) is 6. The summed E-state index contributed by atoms with van der Waals surface area (Å²) in [5.74, 6) is 3.65. The van der Waals surface area contributed by atoms with Crippen LogP contribution in [0.2, 0.25) is 0 Å². The van der Waals surface area contributed by atoms with Crippen LogP contribution in [-0.2, 0) is 13.1 Å². The molecule has 5 rings (SSSR count). The monoisotopic (exact) mass is 626 g/mol. The van der Waals surface area contributed by atoms with Gasteiger partial charge < -0.3 is 28.4 Å². The standard InChI is InChI=1S/C31H38N4O6S2/c1-36-24-12-20(13-25(37-2)28(24)40-5)30-32-22(18-42-30)16-34-8-7-9-35(11-10-34)17-23-19-43-31(33-23)21-14-26(38-3)29(41-6)27(15-21)39-4/h12-15,18-19H,7-11,16-17H2,1-6H3. The zero-order valence-electron chi connectivity index (χ0n) is 25.5. The maximum absolute atomic E-state index is 5.53. The Balaban J connectivity index is 1.20. The Hall–Kier alpha value is -3.58. The maximum atomic E-state index is 5.53. The molecule has 4 aromatic rings. The third-order valence-corrected chi connectivity index (χ3v) is 9.26. The average molecular weight is 627 g/mol. The number of thiazole rings is 2. The Kier molecular flexibility index (Phi) is 10.2. The predicted octanol–water partition coefficient (Wildman–Crippen LogP) is 5.69. The van der Waals surface area contributed by atoms with E-state index in [0.717, 1.165) is 78.2 Å². The maximum Gasteiger partial charge on any atom is 0.203 e. The zero-order valence-corrected chi connectivity index (χ0v) is 27.1. The topological polar surface area (TPSA) is 87.6 Å². The Morgan fingerprint density at radius 2 is 0.930 bits per heavy atom. The lowest BCUT2D eigenvalue weighted by Crippen LogP contribution is -2.30. The van der Waals surface area contributed by atoms with Crippen LogP contribution in [0.25, 0.3) is 21.1 Å². The number of nitrogens with zero attached hydrogens (tertiary/aromatic N) is 4. The van der Waals surface area contributed by atoms with Gasteiger partial charge in [0.15, 0.2) is 23.0 Å². The highest BCUT2D eigenvalue weighted by molar-refractivity contribution is 7.13. The van der Waals surface area contributed by atoms with E-state index in [9.17, 15) is 0 Å². The normalized spacial score (nSPS) is 14.3. The molecule has 10 nitrogen and oxygen atoms in total. The minimum absolute atomic E-state index is 0.578. The van der Waals surface area contributed by atoms with Gasteiger partial charge >= 0.3 is 0 Å². The molecule has 0 unspecified atom stereocenters. The van der Waals surface area contributed by atoms with E-state index >= 15 is 0 Å². The van der Waals surface area contributed by atoms with E-state index in [4.69, 9.17) is 38.4 Å². The molecular formula is C31H38N4O6S2. The first-order valence-corrected chi connectivity index (χ1v) is 15.7. The molecule has 230 valence electrons. The molecule has 0 radical (unpaired) electrons. The summed E-state index contributed by atoms with van der Waals surface area (Å²) >= 11 is 3.26. The van der Waals surface area contributed by atoms with E-state index in [1.54, 1.807) is 65.3 Å².